The highest BCUT2D eigenvalue weighted by Gasteiger charge is 2.08. The van der Waals surface area contributed by atoms with Crippen LogP contribution in [0.1, 0.15) is 24.1 Å². The predicted octanol–water partition coefficient (Wildman–Crippen LogP) is 3.82. The van der Waals surface area contributed by atoms with Gasteiger partial charge in [0.05, 0.1) is 0 Å². The van der Waals surface area contributed by atoms with Gasteiger partial charge in [0.15, 0.2) is 0 Å². The lowest BCUT2D eigenvalue weighted by atomic mass is 9.99. The van der Waals surface area contributed by atoms with Gasteiger partial charge in [-0.2, -0.15) is 0 Å². The molecule has 2 N–H and O–H groups in total. The second kappa shape index (κ2) is 4.68. The Morgan fingerprint density at radius 3 is 2.29 bits per heavy atom. The average molecular weight is 229 g/mol. The molecule has 2 heteroatoms. The summed E-state index contributed by atoms with van der Waals surface area (Å²) < 4.78 is 13.8. The molecule has 1 atom stereocenters. The van der Waals surface area contributed by atoms with Crippen molar-refractivity contribution in [1.82, 2.24) is 0 Å². The van der Waals surface area contributed by atoms with Gasteiger partial charge in [-0.1, -0.05) is 35.9 Å². The molecule has 0 spiro atoms. The van der Waals surface area contributed by atoms with Crippen LogP contribution in [0.5, 0.6) is 0 Å². The third kappa shape index (κ3) is 2.53. The van der Waals surface area contributed by atoms with E-state index in [1.807, 2.05) is 44.2 Å². The fourth-order valence-electron chi connectivity index (χ4n) is 1.78. The van der Waals surface area contributed by atoms with E-state index >= 15 is 0 Å². The van der Waals surface area contributed by atoms with Crippen LogP contribution in [-0.2, 0) is 0 Å². The third-order valence-electron chi connectivity index (χ3n) is 2.88. The minimum Gasteiger partial charge on any atom is -0.324 e. The SMILES string of the molecule is Cc1ccc(-c2cc(C(C)N)ccc2F)cc1. The third-order valence-corrected chi connectivity index (χ3v) is 2.88. The Labute approximate surface area is 101 Å². The average Bonchev–Trinajstić information content (AvgIpc) is 2.31. The molecule has 0 amide bonds. The number of rotatable bonds is 2. The van der Waals surface area contributed by atoms with Gasteiger partial charge in [0, 0.05) is 11.6 Å². The second-order valence-corrected chi connectivity index (χ2v) is 4.39. The van der Waals surface area contributed by atoms with Crippen LogP contribution in [0.4, 0.5) is 4.39 Å². The predicted molar refractivity (Wildman–Crippen MR) is 69.2 cm³/mol. The first-order valence-electron chi connectivity index (χ1n) is 5.70. The molecule has 0 aliphatic heterocycles. The van der Waals surface area contributed by atoms with Crippen molar-refractivity contribution >= 4 is 0 Å². The Kier molecular flexibility index (Phi) is 3.25. The Hall–Kier alpha value is -1.67. The Morgan fingerprint density at radius 1 is 1.06 bits per heavy atom. The number of halogens is 1. The van der Waals surface area contributed by atoms with Crippen molar-refractivity contribution in [2.24, 2.45) is 5.73 Å². The molecule has 0 bridgehead atoms. The standard InChI is InChI=1S/C15H16FN/c1-10-3-5-12(6-4-10)14-9-13(11(2)17)7-8-15(14)16/h3-9,11H,17H2,1-2H3. The molecule has 17 heavy (non-hydrogen) atoms. The summed E-state index contributed by atoms with van der Waals surface area (Å²) in [6.45, 7) is 3.91. The Morgan fingerprint density at radius 2 is 1.71 bits per heavy atom. The highest BCUT2D eigenvalue weighted by Crippen LogP contribution is 2.26. The highest BCUT2D eigenvalue weighted by atomic mass is 19.1. The first kappa shape index (κ1) is 11.8. The molecule has 0 saturated carbocycles. The second-order valence-electron chi connectivity index (χ2n) is 4.39. The van der Waals surface area contributed by atoms with Crippen molar-refractivity contribution in [2.75, 3.05) is 0 Å². The van der Waals surface area contributed by atoms with Gasteiger partial charge in [0.2, 0.25) is 0 Å². The fraction of sp³-hybridized carbons (Fsp3) is 0.200. The first-order valence-corrected chi connectivity index (χ1v) is 5.70. The van der Waals surface area contributed by atoms with Gasteiger partial charge in [0.1, 0.15) is 5.82 Å². The molecule has 2 aromatic carbocycles. The molecule has 0 fully saturated rings. The molecule has 0 heterocycles. The first-order chi connectivity index (χ1) is 8.08. The Balaban J connectivity index is 2.50. The minimum absolute atomic E-state index is 0.0835. The van der Waals surface area contributed by atoms with E-state index in [4.69, 9.17) is 5.73 Å². The zero-order chi connectivity index (χ0) is 12.4. The summed E-state index contributed by atoms with van der Waals surface area (Å²) in [5.41, 5.74) is 9.42. The van der Waals surface area contributed by atoms with E-state index in [2.05, 4.69) is 0 Å². The fourth-order valence-corrected chi connectivity index (χ4v) is 1.78. The molecule has 1 nitrogen and oxygen atoms in total. The van der Waals surface area contributed by atoms with Crippen molar-refractivity contribution in [3.63, 3.8) is 0 Å². The number of hydrogen-bond acceptors (Lipinski definition) is 1. The molecule has 88 valence electrons. The lowest BCUT2D eigenvalue weighted by Crippen LogP contribution is -2.05. The smallest absolute Gasteiger partial charge is 0.131 e. The van der Waals surface area contributed by atoms with Crippen LogP contribution < -0.4 is 5.73 Å². The van der Waals surface area contributed by atoms with E-state index in [1.165, 1.54) is 6.07 Å². The van der Waals surface area contributed by atoms with E-state index in [1.54, 1.807) is 6.07 Å². The number of aryl methyl sites for hydroxylation is 1. The maximum Gasteiger partial charge on any atom is 0.131 e. The maximum absolute atomic E-state index is 13.8. The summed E-state index contributed by atoms with van der Waals surface area (Å²) in [6, 6.07) is 12.8. The van der Waals surface area contributed by atoms with Gasteiger partial charge >= 0.3 is 0 Å². The summed E-state index contributed by atoms with van der Waals surface area (Å²) in [4.78, 5) is 0. The van der Waals surface area contributed by atoms with Crippen LogP contribution in [0.25, 0.3) is 11.1 Å². The molecule has 0 aliphatic carbocycles. The van der Waals surface area contributed by atoms with Gasteiger partial charge in [-0.25, -0.2) is 4.39 Å². The summed E-state index contributed by atoms with van der Waals surface area (Å²) in [7, 11) is 0. The maximum atomic E-state index is 13.8. The monoisotopic (exact) mass is 229 g/mol. The summed E-state index contributed by atoms with van der Waals surface area (Å²) in [6.07, 6.45) is 0. The van der Waals surface area contributed by atoms with Crippen LogP contribution in [0.15, 0.2) is 42.5 Å². The molecule has 1 unspecified atom stereocenters. The van der Waals surface area contributed by atoms with E-state index in [0.29, 0.717) is 5.56 Å². The van der Waals surface area contributed by atoms with E-state index in [-0.39, 0.29) is 11.9 Å². The van der Waals surface area contributed by atoms with Crippen LogP contribution >= 0.6 is 0 Å². The van der Waals surface area contributed by atoms with E-state index in [9.17, 15) is 4.39 Å². The molecule has 0 aliphatic rings. The van der Waals surface area contributed by atoms with Crippen molar-refractivity contribution in [3.05, 3.63) is 59.4 Å². The number of hydrogen-bond donors (Lipinski definition) is 1. The van der Waals surface area contributed by atoms with E-state index in [0.717, 1.165) is 16.7 Å². The molecule has 2 aromatic rings. The normalized spacial score (nSPS) is 12.5. The molecule has 0 aromatic heterocycles. The molecule has 2 rings (SSSR count). The van der Waals surface area contributed by atoms with Crippen molar-refractivity contribution < 1.29 is 4.39 Å². The quantitative estimate of drug-likeness (QED) is 0.832. The minimum atomic E-state index is -0.210. The van der Waals surface area contributed by atoms with Gasteiger partial charge < -0.3 is 5.73 Å². The van der Waals surface area contributed by atoms with E-state index < -0.39 is 0 Å². The molecular weight excluding hydrogens is 213 g/mol. The zero-order valence-corrected chi connectivity index (χ0v) is 10.1. The number of benzene rings is 2. The summed E-state index contributed by atoms with van der Waals surface area (Å²) in [5.74, 6) is -0.210. The van der Waals surface area contributed by atoms with Crippen molar-refractivity contribution in [2.45, 2.75) is 19.9 Å². The van der Waals surface area contributed by atoms with Gasteiger partial charge in [-0.15, -0.1) is 0 Å². The lowest BCUT2D eigenvalue weighted by Gasteiger charge is -2.10. The van der Waals surface area contributed by atoms with Gasteiger partial charge in [-0.05, 0) is 37.1 Å². The topological polar surface area (TPSA) is 26.0 Å². The van der Waals surface area contributed by atoms with Crippen LogP contribution in [0.2, 0.25) is 0 Å². The largest absolute Gasteiger partial charge is 0.324 e. The van der Waals surface area contributed by atoms with Crippen LogP contribution in [0, 0.1) is 12.7 Å². The molecule has 0 radical (unpaired) electrons. The highest BCUT2D eigenvalue weighted by molar-refractivity contribution is 5.65. The Bertz CT molecular complexity index is 515. The van der Waals surface area contributed by atoms with Crippen LogP contribution in [-0.4, -0.2) is 0 Å². The van der Waals surface area contributed by atoms with Gasteiger partial charge in [0.25, 0.3) is 0 Å². The summed E-state index contributed by atoms with van der Waals surface area (Å²) >= 11 is 0. The summed E-state index contributed by atoms with van der Waals surface area (Å²) in [5, 5.41) is 0. The van der Waals surface area contributed by atoms with Crippen molar-refractivity contribution in [1.29, 1.82) is 0 Å². The van der Waals surface area contributed by atoms with Gasteiger partial charge in [-0.3, -0.25) is 0 Å². The zero-order valence-electron chi connectivity index (χ0n) is 10.1. The molecular formula is C15H16FN. The molecule has 0 saturated heterocycles. The number of nitrogens with two attached hydrogens (primary N) is 1. The van der Waals surface area contributed by atoms with Crippen LogP contribution in [0.3, 0.4) is 0 Å². The lowest BCUT2D eigenvalue weighted by molar-refractivity contribution is 0.629. The van der Waals surface area contributed by atoms with Crippen molar-refractivity contribution in [3.8, 4) is 11.1 Å².